The van der Waals surface area contributed by atoms with E-state index in [-0.39, 0.29) is 5.56 Å². The fourth-order valence-electron chi connectivity index (χ4n) is 3.68. The summed E-state index contributed by atoms with van der Waals surface area (Å²) in [5.41, 5.74) is -2.06. The second-order valence-corrected chi connectivity index (χ2v) is 9.05. The van der Waals surface area contributed by atoms with Gasteiger partial charge in [0.2, 0.25) is 17.2 Å². The van der Waals surface area contributed by atoms with Crippen LogP contribution in [0.1, 0.15) is 41.4 Å². The number of esters is 4. The van der Waals surface area contributed by atoms with Gasteiger partial charge in [0.15, 0.2) is 51.7 Å². The third-order valence-corrected chi connectivity index (χ3v) is 5.97. The Morgan fingerprint density at radius 1 is 0.391 bits per heavy atom. The minimum atomic E-state index is -1.42. The van der Waals surface area contributed by atoms with Crippen molar-refractivity contribution in [1.82, 2.24) is 0 Å². The number of rotatable bonds is 7. The largest absolute Gasteiger partial charge is 0.504 e. The van der Waals surface area contributed by atoms with E-state index >= 15 is 0 Å². The molecule has 17 heteroatoms. The van der Waals surface area contributed by atoms with Gasteiger partial charge in [-0.3, -0.25) is 0 Å². The minimum Gasteiger partial charge on any atom is -0.504 e. The van der Waals surface area contributed by atoms with E-state index in [4.69, 9.17) is 14.2 Å². The number of hydrogen-bond donors (Lipinski definition) is 9. The predicted molar refractivity (Wildman–Crippen MR) is 147 cm³/mol. The van der Waals surface area contributed by atoms with Crippen molar-refractivity contribution >= 4 is 23.9 Å². The van der Waals surface area contributed by atoms with Gasteiger partial charge in [-0.2, -0.15) is 0 Å². The van der Waals surface area contributed by atoms with Gasteiger partial charge in [0.1, 0.15) is 0 Å². The zero-order chi connectivity index (χ0) is 34.0. The Hall–Kier alpha value is -7.04. The molecule has 0 radical (unpaired) electrons. The first-order valence-corrected chi connectivity index (χ1v) is 12.3. The van der Waals surface area contributed by atoms with Gasteiger partial charge in [-0.25, -0.2) is 19.2 Å². The van der Waals surface area contributed by atoms with E-state index in [0.717, 1.165) is 19.2 Å². The Labute approximate surface area is 255 Å². The first-order valence-electron chi connectivity index (χ1n) is 12.3. The molecule has 0 aliphatic rings. The van der Waals surface area contributed by atoms with Crippen LogP contribution in [0.3, 0.4) is 0 Å². The van der Waals surface area contributed by atoms with Crippen LogP contribution in [0.2, 0.25) is 0 Å². The molecule has 4 aromatic carbocycles. The molecule has 0 spiro atoms. The fraction of sp³-hybridized carbons (Fsp3) is 0.0345. The van der Waals surface area contributed by atoms with E-state index in [1.165, 1.54) is 0 Å². The molecule has 0 aliphatic carbocycles. The Morgan fingerprint density at radius 3 is 0.913 bits per heavy atom. The lowest BCUT2D eigenvalue weighted by molar-refractivity contribution is 0.0596. The van der Waals surface area contributed by atoms with E-state index in [2.05, 4.69) is 4.74 Å². The Morgan fingerprint density at radius 2 is 0.630 bits per heavy atom. The average molecular weight is 640 g/mol. The molecule has 0 saturated heterocycles. The summed E-state index contributed by atoms with van der Waals surface area (Å²) >= 11 is 0. The smallest absolute Gasteiger partial charge is 0.343 e. The summed E-state index contributed by atoms with van der Waals surface area (Å²) in [5, 5.41) is 89.2. The number of carbonyl (C=O) groups excluding carboxylic acids is 4. The molecule has 9 N–H and O–H groups in total. The van der Waals surface area contributed by atoms with Crippen molar-refractivity contribution < 1.29 is 84.1 Å². The zero-order valence-corrected chi connectivity index (χ0v) is 22.9. The van der Waals surface area contributed by atoms with E-state index in [9.17, 15) is 65.1 Å². The Balaban J connectivity index is 1.60. The number of benzene rings is 4. The van der Waals surface area contributed by atoms with Gasteiger partial charge < -0.3 is 64.9 Å². The third kappa shape index (κ3) is 6.32. The van der Waals surface area contributed by atoms with E-state index < -0.39 is 110 Å². The summed E-state index contributed by atoms with van der Waals surface area (Å²) < 4.78 is 19.4. The van der Waals surface area contributed by atoms with Crippen molar-refractivity contribution in [3.8, 4) is 69.0 Å². The molecule has 0 bridgehead atoms. The first kappa shape index (κ1) is 31.9. The van der Waals surface area contributed by atoms with Gasteiger partial charge in [0, 0.05) is 0 Å². The summed E-state index contributed by atoms with van der Waals surface area (Å²) in [4.78, 5) is 50.0. The van der Waals surface area contributed by atoms with Gasteiger partial charge >= 0.3 is 23.9 Å². The van der Waals surface area contributed by atoms with Gasteiger partial charge in [0.25, 0.3) is 0 Å². The van der Waals surface area contributed by atoms with Gasteiger partial charge in [-0.05, 0) is 48.5 Å². The number of phenolic OH excluding ortho intramolecular Hbond substituents is 9. The summed E-state index contributed by atoms with van der Waals surface area (Å²) in [6.07, 6.45) is 0. The molecule has 0 aromatic heterocycles. The summed E-state index contributed by atoms with van der Waals surface area (Å²) in [5.74, 6) is -16.1. The third-order valence-electron chi connectivity index (χ3n) is 5.97. The molecule has 4 rings (SSSR count). The molecule has 238 valence electrons. The lowest BCUT2D eigenvalue weighted by Crippen LogP contribution is -2.13. The van der Waals surface area contributed by atoms with Crippen LogP contribution < -0.4 is 14.2 Å². The molecule has 0 saturated carbocycles. The van der Waals surface area contributed by atoms with Crippen molar-refractivity contribution in [2.75, 3.05) is 7.11 Å². The second-order valence-electron chi connectivity index (χ2n) is 9.05. The SMILES string of the molecule is COC(=O)c1cc(O)c(O)c(OC(=O)c2cc(O)c(O)c(OC(=O)c3cc(O)c(O)c(OC(=O)c4cc(O)c(O)c(O)c4)c3)c2)c1. The molecular formula is C29H20O17. The maximum absolute atomic E-state index is 12.9. The molecule has 0 heterocycles. The van der Waals surface area contributed by atoms with Crippen LogP contribution in [0.4, 0.5) is 0 Å². The average Bonchev–Trinajstić information content (AvgIpc) is 3.01. The molecular weight excluding hydrogens is 620 g/mol. The van der Waals surface area contributed by atoms with Crippen molar-refractivity contribution in [2.45, 2.75) is 0 Å². The standard InChI is InChI=1S/C29H20O17/c1-43-26(39)11-4-16(32)23(36)19(7-11)45-28(41)13-6-18(34)25(38)21(9-13)46-29(42)12-5-17(33)24(37)20(8-12)44-27(40)10-2-14(30)22(35)15(31)3-10/h2-9,30-38H,1H3. The predicted octanol–water partition coefficient (Wildman–Crippen LogP) is 2.48. The number of carbonyl (C=O) groups is 4. The van der Waals surface area contributed by atoms with E-state index in [1.54, 1.807) is 0 Å². The number of phenols is 9. The molecule has 4 aromatic rings. The molecule has 0 fully saturated rings. The highest BCUT2D eigenvalue weighted by atomic mass is 16.6. The normalized spacial score (nSPS) is 10.5. The highest BCUT2D eigenvalue weighted by Crippen LogP contribution is 2.42. The van der Waals surface area contributed by atoms with Gasteiger partial charge in [-0.1, -0.05) is 0 Å². The highest BCUT2D eigenvalue weighted by molar-refractivity contribution is 5.97. The Bertz CT molecular complexity index is 1910. The monoisotopic (exact) mass is 640 g/mol. The zero-order valence-electron chi connectivity index (χ0n) is 22.9. The summed E-state index contributed by atoms with van der Waals surface area (Å²) in [7, 11) is 1.03. The summed E-state index contributed by atoms with van der Waals surface area (Å²) in [6, 6.07) is 5.85. The van der Waals surface area contributed by atoms with Crippen LogP contribution in [0.25, 0.3) is 0 Å². The van der Waals surface area contributed by atoms with Crippen molar-refractivity contribution in [2.24, 2.45) is 0 Å². The lowest BCUT2D eigenvalue weighted by atomic mass is 10.1. The fourth-order valence-corrected chi connectivity index (χ4v) is 3.68. The van der Waals surface area contributed by atoms with Crippen molar-refractivity contribution in [3.05, 3.63) is 70.8 Å². The highest BCUT2D eigenvalue weighted by Gasteiger charge is 2.25. The van der Waals surface area contributed by atoms with Gasteiger partial charge in [-0.15, -0.1) is 0 Å². The number of hydrogen-bond acceptors (Lipinski definition) is 17. The minimum absolute atomic E-state index is 0.315. The Kier molecular flexibility index (Phi) is 8.52. The first-order chi connectivity index (χ1) is 21.6. The van der Waals surface area contributed by atoms with Crippen LogP contribution in [0.15, 0.2) is 48.5 Å². The van der Waals surface area contributed by atoms with Crippen molar-refractivity contribution in [3.63, 3.8) is 0 Å². The van der Waals surface area contributed by atoms with E-state index in [1.807, 2.05) is 0 Å². The van der Waals surface area contributed by atoms with Crippen LogP contribution in [-0.4, -0.2) is 76.9 Å². The molecule has 0 amide bonds. The van der Waals surface area contributed by atoms with Gasteiger partial charge in [0.05, 0.1) is 29.4 Å². The number of aromatic hydroxyl groups is 9. The quantitative estimate of drug-likeness (QED) is 0.0796. The second kappa shape index (κ2) is 12.3. The number of ether oxygens (including phenoxy) is 4. The van der Waals surface area contributed by atoms with Crippen LogP contribution in [-0.2, 0) is 4.74 Å². The topological polar surface area (TPSA) is 287 Å². The maximum atomic E-state index is 12.9. The van der Waals surface area contributed by atoms with Crippen LogP contribution >= 0.6 is 0 Å². The molecule has 46 heavy (non-hydrogen) atoms. The molecule has 17 nitrogen and oxygen atoms in total. The lowest BCUT2D eigenvalue weighted by Gasteiger charge is -2.13. The molecule has 0 aliphatic heterocycles. The number of methoxy groups -OCH3 is 1. The molecule has 0 atom stereocenters. The van der Waals surface area contributed by atoms with Crippen LogP contribution in [0.5, 0.6) is 69.0 Å². The maximum Gasteiger partial charge on any atom is 0.343 e. The molecule has 0 unspecified atom stereocenters. The van der Waals surface area contributed by atoms with Crippen LogP contribution in [0, 0.1) is 0 Å². The van der Waals surface area contributed by atoms with E-state index in [0.29, 0.717) is 36.4 Å². The van der Waals surface area contributed by atoms with Crippen molar-refractivity contribution in [1.29, 1.82) is 0 Å². The summed E-state index contributed by atoms with van der Waals surface area (Å²) in [6.45, 7) is 0.